The lowest BCUT2D eigenvalue weighted by Crippen LogP contribution is -2.24. The Bertz CT molecular complexity index is 1180. The molecule has 0 saturated carbocycles. The number of anilines is 1. The van der Waals surface area contributed by atoms with Gasteiger partial charge in [-0.15, -0.1) is 11.3 Å². The van der Waals surface area contributed by atoms with Gasteiger partial charge in [-0.25, -0.2) is 4.98 Å². The molecule has 0 aliphatic heterocycles. The molecule has 0 amide bonds. The highest BCUT2D eigenvalue weighted by Crippen LogP contribution is 2.23. The fraction of sp³-hybridized carbons (Fsp3) is 0.182. The number of thiazole rings is 1. The summed E-state index contributed by atoms with van der Waals surface area (Å²) in [7, 11) is 1.65. The molecule has 148 valence electrons. The molecule has 0 saturated heterocycles. The SMILES string of the molecule is COc1ccc(CN(Cc2cc(=O)n3c(C)csc3n2)c2ccc(Cl)cc2)cc1. The van der Waals surface area contributed by atoms with E-state index in [4.69, 9.17) is 21.3 Å². The molecule has 0 unspecified atom stereocenters. The molecule has 0 bridgehead atoms. The number of aryl methyl sites for hydroxylation is 1. The number of rotatable bonds is 6. The molecular weight excluding hydrogens is 406 g/mol. The van der Waals surface area contributed by atoms with E-state index in [0.717, 1.165) is 28.4 Å². The highest BCUT2D eigenvalue weighted by atomic mass is 35.5. The third-order valence-electron chi connectivity index (χ3n) is 4.71. The number of nitrogens with zero attached hydrogens (tertiary/aromatic N) is 3. The average Bonchev–Trinajstić information content (AvgIpc) is 3.10. The van der Waals surface area contributed by atoms with Crippen molar-refractivity contribution in [2.75, 3.05) is 12.0 Å². The molecule has 4 rings (SSSR count). The molecule has 0 fully saturated rings. The van der Waals surface area contributed by atoms with E-state index in [0.29, 0.717) is 23.1 Å². The van der Waals surface area contributed by atoms with Gasteiger partial charge in [0.2, 0.25) is 0 Å². The van der Waals surface area contributed by atoms with E-state index < -0.39 is 0 Å². The summed E-state index contributed by atoms with van der Waals surface area (Å²) in [6.07, 6.45) is 0. The summed E-state index contributed by atoms with van der Waals surface area (Å²) in [5.74, 6) is 0.819. The van der Waals surface area contributed by atoms with Crippen LogP contribution >= 0.6 is 22.9 Å². The van der Waals surface area contributed by atoms with Gasteiger partial charge in [-0.1, -0.05) is 23.7 Å². The summed E-state index contributed by atoms with van der Waals surface area (Å²) in [6.45, 7) is 3.09. The number of ether oxygens (including phenoxy) is 1. The predicted molar refractivity (Wildman–Crippen MR) is 118 cm³/mol. The van der Waals surface area contributed by atoms with Gasteiger partial charge >= 0.3 is 0 Å². The van der Waals surface area contributed by atoms with Crippen LogP contribution in [0.15, 0.2) is 64.8 Å². The van der Waals surface area contributed by atoms with Gasteiger partial charge in [-0.2, -0.15) is 0 Å². The van der Waals surface area contributed by atoms with Gasteiger partial charge in [0.15, 0.2) is 4.96 Å². The van der Waals surface area contributed by atoms with Crippen molar-refractivity contribution in [3.05, 3.63) is 92.3 Å². The monoisotopic (exact) mass is 425 g/mol. The van der Waals surface area contributed by atoms with Gasteiger partial charge in [-0.05, 0) is 48.9 Å². The normalized spacial score (nSPS) is 11.0. The molecular formula is C22H20ClN3O2S. The smallest absolute Gasteiger partial charge is 0.259 e. The molecule has 0 radical (unpaired) electrons. The standard InChI is InChI=1S/C22H20ClN3O2S/c1-15-14-29-22-24-18(11-21(27)26(15)22)13-25(19-7-5-17(23)6-8-19)12-16-3-9-20(28-2)10-4-16/h3-11,14H,12-13H2,1-2H3. The lowest BCUT2D eigenvalue weighted by atomic mass is 10.1. The largest absolute Gasteiger partial charge is 0.497 e. The summed E-state index contributed by atoms with van der Waals surface area (Å²) < 4.78 is 6.89. The van der Waals surface area contributed by atoms with Crippen molar-refractivity contribution in [2.45, 2.75) is 20.0 Å². The van der Waals surface area contributed by atoms with Crippen molar-refractivity contribution in [1.29, 1.82) is 0 Å². The highest BCUT2D eigenvalue weighted by molar-refractivity contribution is 7.15. The summed E-state index contributed by atoms with van der Waals surface area (Å²) in [6, 6.07) is 17.3. The molecule has 2 heterocycles. The number of methoxy groups -OCH3 is 1. The van der Waals surface area contributed by atoms with Crippen molar-refractivity contribution in [3.63, 3.8) is 0 Å². The topological polar surface area (TPSA) is 46.8 Å². The molecule has 0 aliphatic carbocycles. The summed E-state index contributed by atoms with van der Waals surface area (Å²) in [5, 5.41) is 2.63. The van der Waals surface area contributed by atoms with Gasteiger partial charge in [-0.3, -0.25) is 9.20 Å². The maximum atomic E-state index is 12.6. The first-order chi connectivity index (χ1) is 14.0. The summed E-state index contributed by atoms with van der Waals surface area (Å²) in [4.78, 5) is 20.1. The number of benzene rings is 2. The third-order valence-corrected chi connectivity index (χ3v) is 5.90. The van der Waals surface area contributed by atoms with Crippen LogP contribution in [0.25, 0.3) is 4.96 Å². The van der Waals surface area contributed by atoms with Crippen LogP contribution in [-0.4, -0.2) is 16.5 Å². The Morgan fingerprint density at radius 2 is 1.83 bits per heavy atom. The third kappa shape index (κ3) is 4.28. The number of fused-ring (bicyclic) bond motifs is 1. The van der Waals surface area contributed by atoms with Crippen LogP contribution in [0.1, 0.15) is 17.0 Å². The van der Waals surface area contributed by atoms with E-state index in [1.54, 1.807) is 17.6 Å². The Hall–Kier alpha value is -2.83. The molecule has 0 N–H and O–H groups in total. The number of hydrogen-bond acceptors (Lipinski definition) is 5. The van der Waals surface area contributed by atoms with Gasteiger partial charge in [0.1, 0.15) is 5.75 Å². The predicted octanol–water partition coefficient (Wildman–Crippen LogP) is 4.93. The van der Waals surface area contributed by atoms with Crippen LogP contribution in [0.3, 0.4) is 0 Å². The van der Waals surface area contributed by atoms with E-state index in [-0.39, 0.29) is 5.56 Å². The second-order valence-electron chi connectivity index (χ2n) is 6.76. The molecule has 7 heteroatoms. The molecule has 2 aromatic carbocycles. The van der Waals surface area contributed by atoms with Crippen molar-refractivity contribution >= 4 is 33.6 Å². The van der Waals surface area contributed by atoms with Crippen molar-refractivity contribution in [2.24, 2.45) is 0 Å². The molecule has 5 nitrogen and oxygen atoms in total. The molecule has 0 spiro atoms. The Kier molecular flexibility index (Phi) is 5.56. The van der Waals surface area contributed by atoms with Crippen LogP contribution < -0.4 is 15.2 Å². The van der Waals surface area contributed by atoms with Gasteiger partial charge < -0.3 is 9.64 Å². The lowest BCUT2D eigenvalue weighted by molar-refractivity contribution is 0.414. The van der Waals surface area contributed by atoms with E-state index >= 15 is 0 Å². The van der Waals surface area contributed by atoms with Crippen LogP contribution in [0.4, 0.5) is 5.69 Å². The highest BCUT2D eigenvalue weighted by Gasteiger charge is 2.13. The molecule has 4 aromatic rings. The first-order valence-corrected chi connectivity index (χ1v) is 10.4. The van der Waals surface area contributed by atoms with E-state index in [1.165, 1.54) is 11.3 Å². The van der Waals surface area contributed by atoms with E-state index in [1.807, 2.05) is 60.8 Å². The van der Waals surface area contributed by atoms with Crippen LogP contribution in [0, 0.1) is 6.92 Å². The fourth-order valence-corrected chi connectivity index (χ4v) is 4.24. The Balaban J connectivity index is 1.67. The van der Waals surface area contributed by atoms with E-state index in [2.05, 4.69) is 4.90 Å². The zero-order valence-corrected chi connectivity index (χ0v) is 17.7. The number of hydrogen-bond donors (Lipinski definition) is 0. The molecule has 2 aromatic heterocycles. The minimum Gasteiger partial charge on any atom is -0.497 e. The lowest BCUT2D eigenvalue weighted by Gasteiger charge is -2.25. The minimum atomic E-state index is -0.0516. The zero-order valence-electron chi connectivity index (χ0n) is 16.1. The van der Waals surface area contributed by atoms with Crippen LogP contribution in [0.5, 0.6) is 5.75 Å². The maximum absolute atomic E-state index is 12.6. The van der Waals surface area contributed by atoms with Crippen molar-refractivity contribution in [3.8, 4) is 5.75 Å². The fourth-order valence-electron chi connectivity index (χ4n) is 3.22. The van der Waals surface area contributed by atoms with Gasteiger partial charge in [0.05, 0.1) is 19.3 Å². The number of halogens is 1. The molecule has 0 atom stereocenters. The first-order valence-electron chi connectivity index (χ1n) is 9.14. The van der Waals surface area contributed by atoms with Crippen molar-refractivity contribution in [1.82, 2.24) is 9.38 Å². The Morgan fingerprint density at radius 3 is 2.52 bits per heavy atom. The number of aromatic nitrogens is 2. The Morgan fingerprint density at radius 1 is 1.10 bits per heavy atom. The second-order valence-corrected chi connectivity index (χ2v) is 8.03. The van der Waals surface area contributed by atoms with Gasteiger partial charge in [0, 0.05) is 34.4 Å². The zero-order chi connectivity index (χ0) is 20.4. The van der Waals surface area contributed by atoms with Crippen LogP contribution in [0.2, 0.25) is 5.02 Å². The summed E-state index contributed by atoms with van der Waals surface area (Å²) >= 11 is 7.55. The van der Waals surface area contributed by atoms with E-state index in [9.17, 15) is 4.79 Å². The Labute approximate surface area is 177 Å². The second kappa shape index (κ2) is 8.27. The minimum absolute atomic E-state index is 0.0516. The van der Waals surface area contributed by atoms with Crippen LogP contribution in [-0.2, 0) is 13.1 Å². The molecule has 29 heavy (non-hydrogen) atoms. The summed E-state index contributed by atoms with van der Waals surface area (Å²) in [5.41, 5.74) is 3.73. The quantitative estimate of drug-likeness (QED) is 0.439. The maximum Gasteiger partial charge on any atom is 0.259 e. The van der Waals surface area contributed by atoms with Crippen molar-refractivity contribution < 1.29 is 4.74 Å². The first kappa shape index (κ1) is 19.5. The average molecular weight is 426 g/mol. The molecule has 0 aliphatic rings. The van der Waals surface area contributed by atoms with Gasteiger partial charge in [0.25, 0.3) is 5.56 Å².